The number of hydrogen-bond donors (Lipinski definition) is 1. The number of methoxy groups -OCH3 is 2. The minimum absolute atomic E-state index is 0.0785. The smallest absolute Gasteiger partial charge is 0.234 e. The molecule has 0 aliphatic rings. The number of benzene rings is 2. The van der Waals surface area contributed by atoms with Crippen LogP contribution in [0.25, 0.3) is 11.4 Å². The fraction of sp³-hybridized carbons (Fsp3) is 0.318. The van der Waals surface area contributed by atoms with E-state index in [1.807, 2.05) is 61.7 Å². The maximum absolute atomic E-state index is 12.4. The van der Waals surface area contributed by atoms with Gasteiger partial charge in [0.15, 0.2) is 22.5 Å². The van der Waals surface area contributed by atoms with Crippen molar-refractivity contribution < 1.29 is 14.3 Å². The van der Waals surface area contributed by atoms with E-state index in [1.165, 1.54) is 17.3 Å². The molecule has 1 heterocycles. The molecule has 0 aliphatic carbocycles. The Morgan fingerprint density at radius 1 is 1.07 bits per heavy atom. The predicted molar refractivity (Wildman–Crippen MR) is 120 cm³/mol. The number of aryl methyl sites for hydroxylation is 2. The number of rotatable bonds is 8. The Kier molecular flexibility index (Phi) is 6.99. The molecular formula is C22H26N4O3S. The third-order valence-electron chi connectivity index (χ3n) is 4.66. The van der Waals surface area contributed by atoms with Crippen LogP contribution in [0.4, 0.5) is 5.69 Å². The van der Waals surface area contributed by atoms with Gasteiger partial charge in [-0.25, -0.2) is 0 Å². The number of thioether (sulfide) groups is 1. The lowest BCUT2D eigenvalue weighted by molar-refractivity contribution is -0.113. The molecule has 0 saturated carbocycles. The predicted octanol–water partition coefficient (Wildman–Crippen LogP) is 4.33. The largest absolute Gasteiger partial charge is 0.493 e. The highest BCUT2D eigenvalue weighted by molar-refractivity contribution is 7.99. The summed E-state index contributed by atoms with van der Waals surface area (Å²) in [5.74, 6) is 2.17. The Bertz CT molecular complexity index is 1050. The van der Waals surface area contributed by atoms with Gasteiger partial charge in [-0.2, -0.15) is 0 Å². The summed E-state index contributed by atoms with van der Waals surface area (Å²) in [6.45, 7) is 6.71. The van der Waals surface area contributed by atoms with E-state index in [-0.39, 0.29) is 11.7 Å². The zero-order chi connectivity index (χ0) is 21.7. The number of amides is 1. The average Bonchev–Trinajstić information content (AvgIpc) is 3.16. The van der Waals surface area contributed by atoms with Crippen LogP contribution in [0.2, 0.25) is 0 Å². The summed E-state index contributed by atoms with van der Waals surface area (Å²) in [4.78, 5) is 12.4. The summed E-state index contributed by atoms with van der Waals surface area (Å²) < 4.78 is 12.7. The van der Waals surface area contributed by atoms with Gasteiger partial charge in [-0.05, 0) is 50.6 Å². The number of carbonyl (C=O) groups is 1. The molecule has 158 valence electrons. The van der Waals surface area contributed by atoms with E-state index in [0.29, 0.717) is 23.2 Å². The Morgan fingerprint density at radius 2 is 1.83 bits per heavy atom. The van der Waals surface area contributed by atoms with Gasteiger partial charge in [-0.1, -0.05) is 29.5 Å². The van der Waals surface area contributed by atoms with Crippen LogP contribution in [0.1, 0.15) is 18.1 Å². The summed E-state index contributed by atoms with van der Waals surface area (Å²) in [6, 6.07) is 11.6. The number of aromatic nitrogens is 3. The van der Waals surface area contributed by atoms with Gasteiger partial charge in [0.1, 0.15) is 0 Å². The van der Waals surface area contributed by atoms with Crippen molar-refractivity contribution >= 4 is 23.4 Å². The van der Waals surface area contributed by atoms with Gasteiger partial charge in [-0.3, -0.25) is 4.79 Å². The lowest BCUT2D eigenvalue weighted by Crippen LogP contribution is -2.15. The quantitative estimate of drug-likeness (QED) is 0.540. The van der Waals surface area contributed by atoms with Gasteiger partial charge in [0.05, 0.1) is 20.0 Å². The third kappa shape index (κ3) is 4.76. The monoisotopic (exact) mass is 426 g/mol. The van der Waals surface area contributed by atoms with Crippen molar-refractivity contribution in [3.8, 4) is 22.9 Å². The van der Waals surface area contributed by atoms with Crippen LogP contribution in [0.15, 0.2) is 41.6 Å². The first-order chi connectivity index (χ1) is 14.5. The van der Waals surface area contributed by atoms with Gasteiger partial charge >= 0.3 is 0 Å². The van der Waals surface area contributed by atoms with Crippen LogP contribution in [-0.2, 0) is 11.3 Å². The van der Waals surface area contributed by atoms with Crippen molar-refractivity contribution in [1.29, 1.82) is 0 Å². The first-order valence-corrected chi connectivity index (χ1v) is 10.6. The normalized spacial score (nSPS) is 10.7. The Balaban J connectivity index is 1.73. The van der Waals surface area contributed by atoms with Crippen LogP contribution in [-0.4, -0.2) is 40.6 Å². The first kappa shape index (κ1) is 21.7. The first-order valence-electron chi connectivity index (χ1n) is 9.62. The SMILES string of the molecule is CCn1c(SCC(=O)Nc2ccc(C)cc2C)nnc1-c1ccc(OC)c(OC)c1. The molecule has 0 spiro atoms. The maximum Gasteiger partial charge on any atom is 0.234 e. The summed E-state index contributed by atoms with van der Waals surface area (Å²) in [7, 11) is 3.20. The van der Waals surface area contributed by atoms with Crippen molar-refractivity contribution in [2.45, 2.75) is 32.5 Å². The topological polar surface area (TPSA) is 78.3 Å². The van der Waals surface area contributed by atoms with Crippen LogP contribution >= 0.6 is 11.8 Å². The molecule has 2 aromatic carbocycles. The van der Waals surface area contributed by atoms with Crippen LogP contribution in [0.5, 0.6) is 11.5 Å². The van der Waals surface area contributed by atoms with E-state index >= 15 is 0 Å². The summed E-state index contributed by atoms with van der Waals surface area (Å²) >= 11 is 1.36. The number of anilines is 1. The molecule has 1 aromatic heterocycles. The van der Waals surface area contributed by atoms with Gasteiger partial charge < -0.3 is 19.4 Å². The molecule has 30 heavy (non-hydrogen) atoms. The molecule has 3 rings (SSSR count). The Labute approximate surface area is 180 Å². The van der Waals surface area contributed by atoms with Gasteiger partial charge in [-0.15, -0.1) is 10.2 Å². The highest BCUT2D eigenvalue weighted by Crippen LogP contribution is 2.32. The summed E-state index contributed by atoms with van der Waals surface area (Å²) in [5, 5.41) is 12.3. The molecule has 0 fully saturated rings. The van der Waals surface area contributed by atoms with E-state index in [2.05, 4.69) is 15.5 Å². The van der Waals surface area contributed by atoms with Crippen molar-refractivity contribution in [2.24, 2.45) is 0 Å². The fourth-order valence-electron chi connectivity index (χ4n) is 3.14. The molecule has 0 atom stereocenters. The molecule has 8 heteroatoms. The highest BCUT2D eigenvalue weighted by Gasteiger charge is 2.16. The van der Waals surface area contributed by atoms with Gasteiger partial charge in [0.2, 0.25) is 5.91 Å². The van der Waals surface area contributed by atoms with E-state index in [1.54, 1.807) is 14.2 Å². The summed E-state index contributed by atoms with van der Waals surface area (Å²) in [6.07, 6.45) is 0. The van der Waals surface area contributed by atoms with Crippen LogP contribution in [0, 0.1) is 13.8 Å². The minimum atomic E-state index is -0.0785. The molecule has 0 unspecified atom stereocenters. The second kappa shape index (κ2) is 9.67. The van der Waals surface area contributed by atoms with Crippen LogP contribution in [0.3, 0.4) is 0 Å². The Morgan fingerprint density at radius 3 is 2.50 bits per heavy atom. The van der Waals surface area contributed by atoms with E-state index in [0.717, 1.165) is 22.6 Å². The summed E-state index contributed by atoms with van der Waals surface area (Å²) in [5.41, 5.74) is 3.90. The molecule has 1 N–H and O–H groups in total. The van der Waals surface area contributed by atoms with Crippen molar-refractivity contribution in [3.05, 3.63) is 47.5 Å². The third-order valence-corrected chi connectivity index (χ3v) is 5.63. The Hall–Kier alpha value is -3.00. The minimum Gasteiger partial charge on any atom is -0.493 e. The maximum atomic E-state index is 12.4. The number of hydrogen-bond acceptors (Lipinski definition) is 6. The van der Waals surface area contributed by atoms with Crippen LogP contribution < -0.4 is 14.8 Å². The lowest BCUT2D eigenvalue weighted by atomic mass is 10.1. The van der Waals surface area contributed by atoms with Gasteiger partial charge in [0, 0.05) is 17.8 Å². The molecule has 0 radical (unpaired) electrons. The number of nitrogens with zero attached hydrogens (tertiary/aromatic N) is 3. The fourth-order valence-corrected chi connectivity index (χ4v) is 3.94. The standard InChI is InChI=1S/C22H26N4O3S/c1-6-26-21(16-8-10-18(28-4)19(12-16)29-5)24-25-22(26)30-13-20(27)23-17-9-7-14(2)11-15(17)3/h7-12H,6,13H2,1-5H3,(H,23,27). The van der Waals surface area contributed by atoms with E-state index in [9.17, 15) is 4.79 Å². The molecule has 0 bridgehead atoms. The number of ether oxygens (including phenoxy) is 2. The van der Waals surface area contributed by atoms with E-state index < -0.39 is 0 Å². The molecule has 7 nitrogen and oxygen atoms in total. The van der Waals surface area contributed by atoms with Crippen molar-refractivity contribution in [2.75, 3.05) is 25.3 Å². The highest BCUT2D eigenvalue weighted by atomic mass is 32.2. The number of carbonyl (C=O) groups excluding carboxylic acids is 1. The lowest BCUT2D eigenvalue weighted by Gasteiger charge is -2.11. The molecule has 1 amide bonds. The average molecular weight is 427 g/mol. The molecule has 3 aromatic rings. The molecular weight excluding hydrogens is 400 g/mol. The molecule has 0 aliphatic heterocycles. The van der Waals surface area contributed by atoms with Crippen molar-refractivity contribution in [1.82, 2.24) is 14.8 Å². The molecule has 0 saturated heterocycles. The van der Waals surface area contributed by atoms with E-state index in [4.69, 9.17) is 9.47 Å². The zero-order valence-corrected chi connectivity index (χ0v) is 18.7. The van der Waals surface area contributed by atoms with Crippen molar-refractivity contribution in [3.63, 3.8) is 0 Å². The zero-order valence-electron chi connectivity index (χ0n) is 17.9. The van der Waals surface area contributed by atoms with Gasteiger partial charge in [0.25, 0.3) is 0 Å². The second-order valence-corrected chi connectivity index (χ2v) is 7.72. The second-order valence-electron chi connectivity index (χ2n) is 6.78. The number of nitrogens with one attached hydrogen (secondary N) is 1.